The van der Waals surface area contributed by atoms with Crippen LogP contribution >= 0.6 is 0 Å². The van der Waals surface area contributed by atoms with Crippen LogP contribution in [0.2, 0.25) is 0 Å². The summed E-state index contributed by atoms with van der Waals surface area (Å²) in [4.78, 5) is 25.2. The summed E-state index contributed by atoms with van der Waals surface area (Å²) >= 11 is 0. The van der Waals surface area contributed by atoms with Crippen LogP contribution in [0.1, 0.15) is 70.2 Å². The molecule has 5 rings (SSSR count). The molecule has 4 bridgehead atoms. The van der Waals surface area contributed by atoms with Gasteiger partial charge in [-0.05, 0) is 89.5 Å². The molecule has 1 heterocycles. The monoisotopic (exact) mass is 458 g/mol. The Bertz CT molecular complexity index is 876. The molecule has 0 saturated heterocycles. The van der Waals surface area contributed by atoms with Gasteiger partial charge in [-0.3, -0.25) is 9.59 Å². The van der Waals surface area contributed by atoms with E-state index in [0.29, 0.717) is 23.3 Å². The van der Waals surface area contributed by atoms with Crippen LogP contribution in [0.15, 0.2) is 12.3 Å². The van der Waals surface area contributed by atoms with E-state index in [9.17, 15) is 9.59 Å². The maximum atomic E-state index is 13.3. The summed E-state index contributed by atoms with van der Waals surface area (Å²) in [5, 5.41) is 10.6. The molecular formula is C25H38N4O4. The van der Waals surface area contributed by atoms with Crippen molar-refractivity contribution in [3.05, 3.63) is 17.8 Å². The van der Waals surface area contributed by atoms with Crippen molar-refractivity contribution in [1.82, 2.24) is 20.4 Å². The van der Waals surface area contributed by atoms with E-state index in [-0.39, 0.29) is 30.6 Å². The topological polar surface area (TPSA) is 94.5 Å². The lowest BCUT2D eigenvalue weighted by molar-refractivity contribution is -0.125. The highest BCUT2D eigenvalue weighted by atomic mass is 16.5. The van der Waals surface area contributed by atoms with Crippen molar-refractivity contribution in [3.63, 3.8) is 0 Å². The normalized spacial score (nSPS) is 28.5. The highest BCUT2D eigenvalue weighted by molar-refractivity contribution is 5.96. The number of carbonyl (C=O) groups excluding carboxylic acids is 2. The summed E-state index contributed by atoms with van der Waals surface area (Å²) in [6.07, 6.45) is 11.4. The molecule has 0 aliphatic heterocycles. The molecule has 0 spiro atoms. The minimum atomic E-state index is -0.626. The molecule has 8 heteroatoms. The summed E-state index contributed by atoms with van der Waals surface area (Å²) in [5.41, 5.74) is -0.178. The highest BCUT2D eigenvalue weighted by Crippen LogP contribution is 2.53. The van der Waals surface area contributed by atoms with Crippen molar-refractivity contribution >= 4 is 18.0 Å². The summed E-state index contributed by atoms with van der Waals surface area (Å²) in [6.45, 7) is 7.60. The maximum Gasteiger partial charge on any atom is 0.258 e. The Morgan fingerprint density at radius 1 is 1.18 bits per heavy atom. The number of ether oxygens (including phenoxy) is 2. The fourth-order valence-corrected chi connectivity index (χ4v) is 6.17. The van der Waals surface area contributed by atoms with Gasteiger partial charge in [0.1, 0.15) is 12.2 Å². The first-order valence-electron chi connectivity index (χ1n) is 12.2. The lowest BCUT2D eigenvalue weighted by Gasteiger charge is -2.54. The average Bonchev–Trinajstić information content (AvgIpc) is 3.10. The molecule has 0 atom stereocenters. The summed E-state index contributed by atoms with van der Waals surface area (Å²) in [6, 6.07) is 0.256. The van der Waals surface area contributed by atoms with E-state index in [4.69, 9.17) is 9.47 Å². The molecule has 4 fully saturated rings. The van der Waals surface area contributed by atoms with Crippen molar-refractivity contribution in [1.29, 1.82) is 0 Å². The fraction of sp³-hybridized carbons (Fsp3) is 0.720. The lowest BCUT2D eigenvalue weighted by Crippen LogP contribution is -2.55. The number of hydrogen-bond donors (Lipinski definition) is 2. The molecule has 1 aromatic heterocycles. The molecule has 4 saturated carbocycles. The zero-order chi connectivity index (χ0) is 23.8. The Hall–Kier alpha value is -2.35. The van der Waals surface area contributed by atoms with Crippen LogP contribution in [0.3, 0.4) is 0 Å². The highest BCUT2D eigenvalue weighted by Gasteiger charge is 2.48. The van der Waals surface area contributed by atoms with E-state index >= 15 is 0 Å². The van der Waals surface area contributed by atoms with Crippen LogP contribution in [-0.2, 0) is 9.53 Å². The largest absolute Gasteiger partial charge is 0.474 e. The van der Waals surface area contributed by atoms with Crippen molar-refractivity contribution < 1.29 is 19.1 Å². The van der Waals surface area contributed by atoms with Gasteiger partial charge in [0.2, 0.25) is 11.8 Å². The number of hydrogen-bond acceptors (Lipinski definition) is 5. The zero-order valence-corrected chi connectivity index (χ0v) is 20.5. The van der Waals surface area contributed by atoms with Crippen molar-refractivity contribution in [3.8, 4) is 5.88 Å². The van der Waals surface area contributed by atoms with Gasteiger partial charge in [0.25, 0.3) is 5.91 Å². The van der Waals surface area contributed by atoms with Crippen LogP contribution in [-0.4, -0.2) is 53.0 Å². The van der Waals surface area contributed by atoms with Gasteiger partial charge >= 0.3 is 0 Å². The zero-order valence-electron chi connectivity index (χ0n) is 20.5. The molecule has 4 aliphatic carbocycles. The molecule has 0 aromatic carbocycles. The molecule has 4 aliphatic rings. The molecular weight excluding hydrogens is 420 g/mol. The number of nitrogens with one attached hydrogen (secondary N) is 2. The molecule has 182 valence electrons. The van der Waals surface area contributed by atoms with Gasteiger partial charge in [-0.1, -0.05) is 0 Å². The first kappa shape index (κ1) is 23.8. The van der Waals surface area contributed by atoms with Gasteiger partial charge in [0.15, 0.2) is 0 Å². The van der Waals surface area contributed by atoms with E-state index in [1.807, 2.05) is 33.8 Å². The average molecular weight is 459 g/mol. The Morgan fingerprint density at radius 3 is 2.39 bits per heavy atom. The number of methoxy groups -OCH3 is 1. The van der Waals surface area contributed by atoms with Gasteiger partial charge < -0.3 is 20.1 Å². The van der Waals surface area contributed by atoms with Crippen LogP contribution in [0.4, 0.5) is 0 Å². The van der Waals surface area contributed by atoms with E-state index in [2.05, 4.69) is 15.7 Å². The Balaban J connectivity index is 1.49. The first-order chi connectivity index (χ1) is 15.6. The lowest BCUT2D eigenvalue weighted by atomic mass is 9.54. The van der Waals surface area contributed by atoms with Crippen molar-refractivity contribution in [2.45, 2.75) is 77.5 Å². The van der Waals surface area contributed by atoms with Gasteiger partial charge in [0.05, 0.1) is 17.8 Å². The van der Waals surface area contributed by atoms with Crippen LogP contribution in [0.5, 0.6) is 5.88 Å². The van der Waals surface area contributed by atoms with Crippen molar-refractivity contribution in [2.24, 2.45) is 23.7 Å². The summed E-state index contributed by atoms with van der Waals surface area (Å²) < 4.78 is 12.5. The van der Waals surface area contributed by atoms with Crippen molar-refractivity contribution in [2.75, 3.05) is 13.7 Å². The SMILES string of the molecule is COCC(=O)NC(C)(C)/C=C/n1ncc(C(=O)NC2C3CC4CC(C3)CC2C4)c1OC(C)C. The predicted octanol–water partition coefficient (Wildman–Crippen LogP) is 3.24. The summed E-state index contributed by atoms with van der Waals surface area (Å²) in [7, 11) is 1.48. The van der Waals surface area contributed by atoms with E-state index < -0.39 is 5.54 Å². The minimum Gasteiger partial charge on any atom is -0.474 e. The summed E-state index contributed by atoms with van der Waals surface area (Å²) in [5.74, 6) is 3.03. The number of rotatable bonds is 9. The van der Waals surface area contributed by atoms with E-state index in [0.717, 1.165) is 11.8 Å². The Morgan fingerprint density at radius 2 is 1.82 bits per heavy atom. The molecule has 8 nitrogen and oxygen atoms in total. The second kappa shape index (κ2) is 9.49. The third kappa shape index (κ3) is 5.42. The van der Waals surface area contributed by atoms with Gasteiger partial charge in [-0.2, -0.15) is 5.10 Å². The number of aromatic nitrogens is 2. The molecule has 0 radical (unpaired) electrons. The minimum absolute atomic E-state index is 0.00425. The Kier molecular flexibility index (Phi) is 6.84. The molecule has 33 heavy (non-hydrogen) atoms. The molecule has 1 aromatic rings. The predicted molar refractivity (Wildman–Crippen MR) is 126 cm³/mol. The fourth-order valence-electron chi connectivity index (χ4n) is 6.17. The standard InChI is InChI=1S/C25H38N4O4/c1-15(2)33-24-20(13-26-29(24)7-6-25(3,4)28-21(30)14-32-5)23(31)27-22-18-9-16-8-17(11-18)12-19(22)10-16/h6-7,13,15-19,22H,8-12,14H2,1-5H3,(H,27,31)(H,28,30)/b7-6+. The van der Waals surface area contributed by atoms with Gasteiger partial charge in [-0.15, -0.1) is 0 Å². The second-order valence-electron chi connectivity index (χ2n) is 10.9. The quantitative estimate of drug-likeness (QED) is 0.592. The third-order valence-electron chi connectivity index (χ3n) is 7.24. The smallest absolute Gasteiger partial charge is 0.258 e. The van der Waals surface area contributed by atoms with E-state index in [1.165, 1.54) is 39.2 Å². The number of carbonyl (C=O) groups is 2. The second-order valence-corrected chi connectivity index (χ2v) is 10.9. The molecule has 2 amide bonds. The number of nitrogens with zero attached hydrogens (tertiary/aromatic N) is 2. The van der Waals surface area contributed by atoms with Gasteiger partial charge in [0, 0.05) is 19.4 Å². The molecule has 0 unspecified atom stereocenters. The van der Waals surface area contributed by atoms with Crippen LogP contribution < -0.4 is 15.4 Å². The maximum absolute atomic E-state index is 13.3. The van der Waals surface area contributed by atoms with E-state index in [1.54, 1.807) is 17.1 Å². The first-order valence-corrected chi connectivity index (χ1v) is 12.2. The van der Waals surface area contributed by atoms with Crippen LogP contribution in [0, 0.1) is 23.7 Å². The van der Waals surface area contributed by atoms with Gasteiger partial charge in [-0.25, -0.2) is 4.68 Å². The van der Waals surface area contributed by atoms with Crippen LogP contribution in [0.25, 0.3) is 6.20 Å². The third-order valence-corrected chi connectivity index (χ3v) is 7.24. The number of amides is 2. The Labute approximate surface area is 196 Å². The molecule has 2 N–H and O–H groups in total.